The van der Waals surface area contributed by atoms with Gasteiger partial charge in [0.05, 0.1) is 12.3 Å². The van der Waals surface area contributed by atoms with Gasteiger partial charge in [0, 0.05) is 24.6 Å². The van der Waals surface area contributed by atoms with E-state index in [0.717, 1.165) is 0 Å². The molecule has 3 rings (SSSR count). The summed E-state index contributed by atoms with van der Waals surface area (Å²) in [5, 5.41) is 3.98. The van der Waals surface area contributed by atoms with Gasteiger partial charge in [0.25, 0.3) is 5.91 Å². The second-order valence-corrected chi connectivity index (χ2v) is 5.68. The van der Waals surface area contributed by atoms with Gasteiger partial charge in [0.2, 0.25) is 0 Å². The van der Waals surface area contributed by atoms with Gasteiger partial charge in [-0.25, -0.2) is 8.78 Å². The Morgan fingerprint density at radius 2 is 1.92 bits per heavy atom. The number of halogens is 2. The predicted molar refractivity (Wildman–Crippen MR) is 85.8 cm³/mol. The van der Waals surface area contributed by atoms with Crippen molar-refractivity contribution in [3.63, 3.8) is 0 Å². The minimum Gasteiger partial charge on any atom is -0.390 e. The summed E-state index contributed by atoms with van der Waals surface area (Å²) in [7, 11) is 1.62. The first-order valence-corrected chi connectivity index (χ1v) is 7.52. The third-order valence-corrected chi connectivity index (χ3v) is 3.79. The van der Waals surface area contributed by atoms with E-state index in [1.165, 1.54) is 35.2 Å². The zero-order valence-corrected chi connectivity index (χ0v) is 13.1. The quantitative estimate of drug-likeness (QED) is 0.864. The summed E-state index contributed by atoms with van der Waals surface area (Å²) in [5.74, 6) is -1.09. The van der Waals surface area contributed by atoms with Crippen LogP contribution in [0.15, 0.2) is 53.7 Å². The molecule has 0 spiro atoms. The number of benzene rings is 2. The number of carbonyl (C=O) groups is 1. The van der Waals surface area contributed by atoms with E-state index in [4.69, 9.17) is 4.84 Å². The molecule has 0 fully saturated rings. The van der Waals surface area contributed by atoms with E-state index < -0.39 is 5.82 Å². The first kappa shape index (κ1) is 16.1. The van der Waals surface area contributed by atoms with Gasteiger partial charge in [-0.05, 0) is 30.3 Å². The second kappa shape index (κ2) is 6.78. The van der Waals surface area contributed by atoms with E-state index in [1.54, 1.807) is 25.2 Å². The summed E-state index contributed by atoms with van der Waals surface area (Å²) in [5.41, 5.74) is 1.59. The molecule has 2 aromatic rings. The molecule has 0 saturated heterocycles. The van der Waals surface area contributed by atoms with Crippen LogP contribution in [0, 0.1) is 11.6 Å². The highest BCUT2D eigenvalue weighted by Gasteiger charge is 2.25. The minimum absolute atomic E-state index is 0.279. The normalized spacial score (nSPS) is 16.5. The Morgan fingerprint density at radius 3 is 2.62 bits per heavy atom. The fourth-order valence-corrected chi connectivity index (χ4v) is 2.60. The summed E-state index contributed by atoms with van der Waals surface area (Å²) in [6.07, 6.45) is 0.162. The molecule has 0 aliphatic carbocycles. The smallest absolute Gasteiger partial charge is 0.253 e. The van der Waals surface area contributed by atoms with E-state index in [-0.39, 0.29) is 23.4 Å². The molecule has 0 aromatic heterocycles. The molecule has 1 amide bonds. The molecule has 1 heterocycles. The fraction of sp³-hybridized carbons (Fsp3) is 0.222. The lowest BCUT2D eigenvalue weighted by Crippen LogP contribution is -2.34. The first-order valence-electron chi connectivity index (χ1n) is 7.52. The molecular formula is C18H16F2N2O2. The maximum atomic E-state index is 13.3. The molecule has 0 saturated carbocycles. The topological polar surface area (TPSA) is 41.9 Å². The van der Waals surface area contributed by atoms with Crippen molar-refractivity contribution in [3.8, 4) is 0 Å². The molecule has 24 heavy (non-hydrogen) atoms. The monoisotopic (exact) mass is 330 g/mol. The van der Waals surface area contributed by atoms with Gasteiger partial charge in [0.1, 0.15) is 11.6 Å². The van der Waals surface area contributed by atoms with Crippen LogP contribution in [0.5, 0.6) is 0 Å². The molecule has 6 heteroatoms. The summed E-state index contributed by atoms with van der Waals surface area (Å²) < 4.78 is 26.5. The van der Waals surface area contributed by atoms with Crippen LogP contribution in [0.4, 0.5) is 8.78 Å². The summed E-state index contributed by atoms with van der Waals surface area (Å²) in [4.78, 5) is 19.1. The van der Waals surface area contributed by atoms with Crippen molar-refractivity contribution < 1.29 is 18.4 Å². The van der Waals surface area contributed by atoms with Gasteiger partial charge in [-0.2, -0.15) is 0 Å². The largest absolute Gasteiger partial charge is 0.390 e. The van der Waals surface area contributed by atoms with Crippen LogP contribution in [0.25, 0.3) is 0 Å². The Balaban J connectivity index is 1.61. The average molecular weight is 330 g/mol. The van der Waals surface area contributed by atoms with E-state index in [9.17, 15) is 13.6 Å². The highest BCUT2D eigenvalue weighted by atomic mass is 19.1. The average Bonchev–Trinajstić information content (AvgIpc) is 3.02. The van der Waals surface area contributed by atoms with E-state index >= 15 is 0 Å². The van der Waals surface area contributed by atoms with Gasteiger partial charge in [-0.3, -0.25) is 4.79 Å². The molecule has 1 aliphatic heterocycles. The lowest BCUT2D eigenvalue weighted by Gasteiger charge is -2.20. The van der Waals surface area contributed by atoms with Crippen LogP contribution in [0.1, 0.15) is 22.3 Å². The minimum atomic E-state index is -0.455. The number of oxime groups is 1. The number of likely N-dealkylation sites (N-methyl/N-ethyl adjacent to an activating group) is 1. The van der Waals surface area contributed by atoms with Crippen molar-refractivity contribution in [1.29, 1.82) is 0 Å². The molecule has 0 bridgehead atoms. The molecule has 1 aliphatic rings. The van der Waals surface area contributed by atoms with Crippen molar-refractivity contribution in [2.45, 2.75) is 12.5 Å². The Labute approximate surface area is 138 Å². The molecule has 2 aromatic carbocycles. The Morgan fingerprint density at radius 1 is 1.21 bits per heavy atom. The van der Waals surface area contributed by atoms with Gasteiger partial charge in [0.15, 0.2) is 6.10 Å². The second-order valence-electron chi connectivity index (χ2n) is 5.68. The lowest BCUT2D eigenvalue weighted by atomic mass is 10.0. The predicted octanol–water partition coefficient (Wildman–Crippen LogP) is 3.23. The lowest BCUT2D eigenvalue weighted by molar-refractivity contribution is 0.0482. The number of nitrogens with zero attached hydrogens (tertiary/aromatic N) is 2. The highest BCUT2D eigenvalue weighted by Crippen LogP contribution is 2.18. The van der Waals surface area contributed by atoms with Gasteiger partial charge in [-0.15, -0.1) is 0 Å². The van der Waals surface area contributed by atoms with Gasteiger partial charge >= 0.3 is 0 Å². The summed E-state index contributed by atoms with van der Waals surface area (Å²) in [6, 6.07) is 11.7. The van der Waals surface area contributed by atoms with Crippen molar-refractivity contribution in [3.05, 3.63) is 71.3 Å². The maximum absolute atomic E-state index is 13.3. The van der Waals surface area contributed by atoms with Crippen LogP contribution in [-0.4, -0.2) is 36.2 Å². The van der Waals surface area contributed by atoms with E-state index in [1.807, 2.05) is 0 Å². The molecule has 0 N–H and O–H groups in total. The number of hydrogen-bond donors (Lipinski definition) is 0. The molecule has 0 radical (unpaired) electrons. The van der Waals surface area contributed by atoms with Crippen LogP contribution in [-0.2, 0) is 4.84 Å². The van der Waals surface area contributed by atoms with Gasteiger partial charge < -0.3 is 9.74 Å². The Bertz CT molecular complexity index is 792. The van der Waals surface area contributed by atoms with Crippen molar-refractivity contribution >= 4 is 11.6 Å². The molecule has 4 nitrogen and oxygen atoms in total. The Hall–Kier alpha value is -2.76. The van der Waals surface area contributed by atoms with Crippen LogP contribution >= 0.6 is 0 Å². The molecule has 1 unspecified atom stereocenters. The number of hydrogen-bond acceptors (Lipinski definition) is 3. The molecular weight excluding hydrogens is 314 g/mol. The summed E-state index contributed by atoms with van der Waals surface area (Å²) in [6.45, 7) is 0.303. The van der Waals surface area contributed by atoms with E-state index in [2.05, 4.69) is 5.16 Å². The fourth-order valence-electron chi connectivity index (χ4n) is 2.60. The van der Waals surface area contributed by atoms with Crippen molar-refractivity contribution in [1.82, 2.24) is 4.90 Å². The number of carbonyl (C=O) groups excluding carboxylic acids is 1. The highest BCUT2D eigenvalue weighted by molar-refractivity contribution is 6.01. The van der Waals surface area contributed by atoms with Crippen molar-refractivity contribution in [2.75, 3.05) is 13.6 Å². The molecule has 124 valence electrons. The SMILES string of the molecule is CN(CC1CC(c2cccc(F)c2)=NO1)C(=O)c1cccc(F)c1. The summed E-state index contributed by atoms with van der Waals surface area (Å²) >= 11 is 0. The Kier molecular flexibility index (Phi) is 4.55. The van der Waals surface area contributed by atoms with Crippen molar-refractivity contribution in [2.24, 2.45) is 5.16 Å². The van der Waals surface area contributed by atoms with Gasteiger partial charge in [-0.1, -0.05) is 23.4 Å². The van der Waals surface area contributed by atoms with E-state index in [0.29, 0.717) is 24.2 Å². The standard InChI is InChI=1S/C18H16F2N2O2/c1-22(18(23)13-5-3-7-15(20)9-13)11-16-10-17(21-24-16)12-4-2-6-14(19)8-12/h2-9,16H,10-11H2,1H3. The number of rotatable bonds is 4. The third-order valence-electron chi connectivity index (χ3n) is 3.79. The maximum Gasteiger partial charge on any atom is 0.253 e. The van der Waals surface area contributed by atoms with Crippen LogP contribution < -0.4 is 0 Å². The third kappa shape index (κ3) is 3.59. The van der Waals surface area contributed by atoms with Crippen LogP contribution in [0.2, 0.25) is 0 Å². The number of amides is 1. The molecule has 1 atom stereocenters. The van der Waals surface area contributed by atoms with Crippen LogP contribution in [0.3, 0.4) is 0 Å². The zero-order valence-electron chi connectivity index (χ0n) is 13.1. The zero-order chi connectivity index (χ0) is 17.1. The first-order chi connectivity index (χ1) is 11.5.